The molecular weight excluding hydrogens is 300 g/mol. The van der Waals surface area contributed by atoms with Crippen molar-refractivity contribution in [2.24, 2.45) is 5.73 Å². The van der Waals surface area contributed by atoms with Gasteiger partial charge in [-0.2, -0.15) is 0 Å². The van der Waals surface area contributed by atoms with Gasteiger partial charge in [-0.3, -0.25) is 19.6 Å². The van der Waals surface area contributed by atoms with Gasteiger partial charge in [0.1, 0.15) is 0 Å². The first kappa shape index (κ1) is 14.9. The van der Waals surface area contributed by atoms with Crippen molar-refractivity contribution in [1.29, 1.82) is 0 Å². The Labute approximate surface area is 123 Å². The number of non-ortho nitro benzene ring substituents is 1. The zero-order chi connectivity index (χ0) is 15.4. The minimum absolute atomic E-state index is 0.0619. The van der Waals surface area contributed by atoms with E-state index in [2.05, 4.69) is 15.6 Å². The van der Waals surface area contributed by atoms with Gasteiger partial charge in [0.15, 0.2) is 5.69 Å². The summed E-state index contributed by atoms with van der Waals surface area (Å²) in [5.74, 6) is -0.519. The molecule has 3 N–H and O–H groups in total. The van der Waals surface area contributed by atoms with Crippen molar-refractivity contribution in [2.45, 2.75) is 6.54 Å². The number of carbonyl (C=O) groups is 1. The molecule has 1 heterocycles. The Balaban J connectivity index is 2.13. The summed E-state index contributed by atoms with van der Waals surface area (Å²) < 4.78 is 1.44. The number of nitrogens with one attached hydrogen (secondary N) is 1. The van der Waals surface area contributed by atoms with Crippen LogP contribution in [0.4, 0.5) is 11.4 Å². The second kappa shape index (κ2) is 6.29. The third-order valence-electron chi connectivity index (χ3n) is 2.54. The number of rotatable bonds is 5. The van der Waals surface area contributed by atoms with Crippen molar-refractivity contribution in [3.8, 4) is 0 Å². The van der Waals surface area contributed by atoms with Crippen molar-refractivity contribution in [1.82, 2.24) is 15.0 Å². The van der Waals surface area contributed by atoms with Crippen LogP contribution in [0.2, 0.25) is 5.02 Å². The highest BCUT2D eigenvalue weighted by molar-refractivity contribution is 6.34. The van der Waals surface area contributed by atoms with E-state index in [1.165, 1.54) is 23.0 Å². The Bertz CT molecular complexity index is 686. The molecule has 0 aliphatic carbocycles. The molecule has 1 amide bonds. The monoisotopic (exact) mass is 310 g/mol. The first-order valence-corrected chi connectivity index (χ1v) is 6.24. The summed E-state index contributed by atoms with van der Waals surface area (Å²) in [6.07, 6.45) is 1.45. The summed E-state index contributed by atoms with van der Waals surface area (Å²) in [7, 11) is 0. The predicted octanol–water partition coefficient (Wildman–Crippen LogP) is 1.05. The lowest BCUT2D eigenvalue weighted by atomic mass is 10.2. The molecule has 9 nitrogen and oxygen atoms in total. The van der Waals surface area contributed by atoms with E-state index >= 15 is 0 Å². The summed E-state index contributed by atoms with van der Waals surface area (Å²) >= 11 is 5.88. The first-order chi connectivity index (χ1) is 10.0. The predicted molar refractivity (Wildman–Crippen MR) is 75.1 cm³/mol. The lowest BCUT2D eigenvalue weighted by molar-refractivity contribution is -0.384. The number of nitrogens with two attached hydrogens (primary N) is 1. The number of anilines is 1. The molecule has 2 aromatic rings. The Morgan fingerprint density at radius 2 is 2.29 bits per heavy atom. The van der Waals surface area contributed by atoms with Crippen molar-refractivity contribution < 1.29 is 9.72 Å². The number of nitrogens with zero attached hydrogens (tertiary/aromatic N) is 4. The second-order valence-electron chi connectivity index (χ2n) is 4.03. The molecule has 0 radical (unpaired) electrons. The number of nitro groups is 1. The molecule has 1 aromatic heterocycles. The van der Waals surface area contributed by atoms with Gasteiger partial charge in [0, 0.05) is 18.7 Å². The number of hydrogen-bond donors (Lipinski definition) is 2. The molecule has 0 unspecified atom stereocenters. The summed E-state index contributed by atoms with van der Waals surface area (Å²) in [6, 6.07) is 3.75. The molecule has 21 heavy (non-hydrogen) atoms. The van der Waals surface area contributed by atoms with E-state index in [1.54, 1.807) is 0 Å². The van der Waals surface area contributed by atoms with Crippen molar-refractivity contribution in [3.05, 3.63) is 45.2 Å². The van der Waals surface area contributed by atoms with Crippen molar-refractivity contribution in [2.75, 3.05) is 11.9 Å². The number of nitro benzene ring substituents is 1. The van der Waals surface area contributed by atoms with Gasteiger partial charge in [-0.25, -0.2) is 0 Å². The van der Waals surface area contributed by atoms with Crippen LogP contribution in [0.5, 0.6) is 0 Å². The molecular formula is C11H11ClN6O3. The number of halogens is 1. The van der Waals surface area contributed by atoms with Crippen LogP contribution in [0.15, 0.2) is 24.4 Å². The lowest BCUT2D eigenvalue weighted by Crippen LogP contribution is -2.13. The van der Waals surface area contributed by atoms with E-state index in [1.807, 2.05) is 0 Å². The highest BCUT2D eigenvalue weighted by Crippen LogP contribution is 2.26. The maximum absolute atomic E-state index is 12.0. The zero-order valence-corrected chi connectivity index (χ0v) is 11.4. The van der Waals surface area contributed by atoms with Gasteiger partial charge in [-0.15, -0.1) is 5.10 Å². The average molecular weight is 311 g/mol. The van der Waals surface area contributed by atoms with E-state index in [4.69, 9.17) is 17.3 Å². The second-order valence-corrected chi connectivity index (χ2v) is 4.44. The normalized spacial score (nSPS) is 10.4. The summed E-state index contributed by atoms with van der Waals surface area (Å²) in [4.78, 5) is 22.0. The van der Waals surface area contributed by atoms with Crippen LogP contribution >= 0.6 is 11.6 Å². The molecule has 0 bridgehead atoms. The number of aromatic nitrogens is 3. The van der Waals surface area contributed by atoms with Crippen LogP contribution in [-0.2, 0) is 6.54 Å². The van der Waals surface area contributed by atoms with Gasteiger partial charge in [-0.1, -0.05) is 16.8 Å². The average Bonchev–Trinajstić information content (AvgIpc) is 2.90. The minimum atomic E-state index is -0.574. The summed E-state index contributed by atoms with van der Waals surface area (Å²) in [5, 5.41) is 20.6. The van der Waals surface area contributed by atoms with Crippen LogP contribution < -0.4 is 11.1 Å². The van der Waals surface area contributed by atoms with Gasteiger partial charge in [0.25, 0.3) is 11.6 Å². The Hall–Kier alpha value is -2.52. The van der Waals surface area contributed by atoms with Crippen molar-refractivity contribution in [3.63, 3.8) is 0 Å². The van der Waals surface area contributed by atoms with Gasteiger partial charge < -0.3 is 11.1 Å². The fourth-order valence-electron chi connectivity index (χ4n) is 1.55. The number of carbonyl (C=O) groups excluding carboxylic acids is 1. The molecule has 0 spiro atoms. The van der Waals surface area contributed by atoms with Crippen LogP contribution in [0.3, 0.4) is 0 Å². The van der Waals surface area contributed by atoms with E-state index in [0.717, 1.165) is 6.07 Å². The molecule has 0 aliphatic rings. The molecule has 0 atom stereocenters. The quantitative estimate of drug-likeness (QED) is 0.627. The van der Waals surface area contributed by atoms with Crippen LogP contribution in [0.1, 0.15) is 10.5 Å². The van der Waals surface area contributed by atoms with Gasteiger partial charge >= 0.3 is 0 Å². The number of hydrogen-bond acceptors (Lipinski definition) is 6. The topological polar surface area (TPSA) is 129 Å². The van der Waals surface area contributed by atoms with E-state index in [-0.39, 0.29) is 22.1 Å². The highest BCUT2D eigenvalue weighted by atomic mass is 35.5. The molecule has 0 saturated heterocycles. The first-order valence-electron chi connectivity index (χ1n) is 5.86. The van der Waals surface area contributed by atoms with Gasteiger partial charge in [0.2, 0.25) is 0 Å². The third-order valence-corrected chi connectivity index (χ3v) is 2.85. The fraction of sp³-hybridized carbons (Fsp3) is 0.182. The molecule has 0 aliphatic heterocycles. The zero-order valence-electron chi connectivity index (χ0n) is 10.7. The standard InChI is InChI=1S/C11H11ClN6O3/c12-8-5-7(18(20)21)1-2-9(8)14-11(19)10-6-17(4-3-13)16-15-10/h1-2,5-6H,3-4,13H2,(H,14,19). The SMILES string of the molecule is NCCn1cc(C(=O)Nc2ccc([N+](=O)[O-])cc2Cl)nn1. The number of amides is 1. The molecule has 1 aromatic carbocycles. The molecule has 110 valence electrons. The van der Waals surface area contributed by atoms with E-state index in [9.17, 15) is 14.9 Å². The van der Waals surface area contributed by atoms with Crippen LogP contribution in [-0.4, -0.2) is 32.4 Å². The van der Waals surface area contributed by atoms with Gasteiger partial charge in [-0.05, 0) is 6.07 Å². The van der Waals surface area contributed by atoms with Crippen LogP contribution in [0.25, 0.3) is 0 Å². The van der Waals surface area contributed by atoms with E-state index in [0.29, 0.717) is 13.1 Å². The molecule has 10 heteroatoms. The molecule has 0 saturated carbocycles. The summed E-state index contributed by atoms with van der Waals surface area (Å²) in [6.45, 7) is 0.817. The molecule has 0 fully saturated rings. The Kier molecular flexibility index (Phi) is 4.45. The smallest absolute Gasteiger partial charge is 0.277 e. The maximum atomic E-state index is 12.0. The van der Waals surface area contributed by atoms with E-state index < -0.39 is 10.8 Å². The highest BCUT2D eigenvalue weighted by Gasteiger charge is 2.15. The van der Waals surface area contributed by atoms with Gasteiger partial charge in [0.05, 0.1) is 28.4 Å². The fourth-order valence-corrected chi connectivity index (χ4v) is 1.77. The summed E-state index contributed by atoms with van der Waals surface area (Å²) in [5.41, 5.74) is 5.55. The lowest BCUT2D eigenvalue weighted by Gasteiger charge is -2.04. The Morgan fingerprint density at radius 1 is 1.52 bits per heavy atom. The Morgan fingerprint density at radius 3 is 2.90 bits per heavy atom. The minimum Gasteiger partial charge on any atom is -0.329 e. The van der Waals surface area contributed by atoms with Crippen LogP contribution in [0, 0.1) is 10.1 Å². The third kappa shape index (κ3) is 3.52. The largest absolute Gasteiger partial charge is 0.329 e. The molecule has 2 rings (SSSR count). The van der Waals surface area contributed by atoms with Crippen molar-refractivity contribution >= 4 is 28.9 Å². The number of benzene rings is 1. The maximum Gasteiger partial charge on any atom is 0.277 e.